The molecule has 0 aliphatic rings. The van der Waals surface area contributed by atoms with Crippen LogP contribution in [0.5, 0.6) is 0 Å². The molecule has 2 aromatic rings. The number of carbonyl (C=O) groups is 1. The smallest absolute Gasteiger partial charge is 0.324 e. The third kappa shape index (κ3) is 3.72. The zero-order valence-electron chi connectivity index (χ0n) is 10.7. The Kier molecular flexibility index (Phi) is 4.17. The van der Waals surface area contributed by atoms with Crippen molar-refractivity contribution >= 4 is 23.2 Å². The third-order valence-electron chi connectivity index (χ3n) is 2.71. The minimum absolute atomic E-state index is 0.0354. The molecule has 0 saturated carbocycles. The van der Waals surface area contributed by atoms with Crippen LogP contribution in [0.1, 0.15) is 18.5 Å². The van der Waals surface area contributed by atoms with Gasteiger partial charge in [0, 0.05) is 10.7 Å². The second-order valence-corrected chi connectivity index (χ2v) is 4.70. The second-order valence-electron chi connectivity index (χ2n) is 4.27. The van der Waals surface area contributed by atoms with Gasteiger partial charge in [-0.2, -0.15) is 18.3 Å². The lowest BCUT2D eigenvalue weighted by Crippen LogP contribution is -2.24. The average molecular weight is 319 g/mol. The minimum Gasteiger partial charge on any atom is -0.324 e. The van der Waals surface area contributed by atoms with Gasteiger partial charge in [0.1, 0.15) is 18.7 Å². The number of nitrogens with one attached hydrogen (secondary N) is 1. The molecule has 21 heavy (non-hydrogen) atoms. The van der Waals surface area contributed by atoms with Crippen LogP contribution in [0, 0.1) is 0 Å². The normalized spacial score (nSPS) is 13.0. The van der Waals surface area contributed by atoms with E-state index in [4.69, 9.17) is 11.6 Å². The number of aromatic nitrogens is 3. The van der Waals surface area contributed by atoms with Crippen LogP contribution in [0.4, 0.5) is 18.9 Å². The molecule has 1 unspecified atom stereocenters. The van der Waals surface area contributed by atoms with Crippen LogP contribution in [0.15, 0.2) is 30.9 Å². The van der Waals surface area contributed by atoms with Crippen molar-refractivity contribution in [2.24, 2.45) is 0 Å². The molecule has 1 aromatic carbocycles. The largest absolute Gasteiger partial charge is 0.416 e. The molecule has 5 nitrogen and oxygen atoms in total. The highest BCUT2D eigenvalue weighted by Crippen LogP contribution is 2.33. The summed E-state index contributed by atoms with van der Waals surface area (Å²) in [4.78, 5) is 15.7. The van der Waals surface area contributed by atoms with Gasteiger partial charge in [0.15, 0.2) is 0 Å². The van der Waals surface area contributed by atoms with Gasteiger partial charge in [-0.05, 0) is 25.1 Å². The number of amides is 1. The number of alkyl halides is 3. The topological polar surface area (TPSA) is 59.8 Å². The summed E-state index contributed by atoms with van der Waals surface area (Å²) in [6, 6.07) is 2.12. The van der Waals surface area contributed by atoms with Gasteiger partial charge in [-0.3, -0.25) is 4.79 Å². The van der Waals surface area contributed by atoms with Crippen LogP contribution >= 0.6 is 11.6 Å². The summed E-state index contributed by atoms with van der Waals surface area (Å²) in [6.07, 6.45) is -1.95. The third-order valence-corrected chi connectivity index (χ3v) is 2.92. The first-order valence-corrected chi connectivity index (χ1v) is 6.18. The lowest BCUT2D eigenvalue weighted by molar-refractivity contribution is -0.137. The van der Waals surface area contributed by atoms with Crippen molar-refractivity contribution in [3.8, 4) is 0 Å². The highest BCUT2D eigenvalue weighted by molar-refractivity contribution is 6.31. The van der Waals surface area contributed by atoms with Gasteiger partial charge in [-0.1, -0.05) is 11.6 Å². The summed E-state index contributed by atoms with van der Waals surface area (Å²) in [5, 5.41) is 6.05. The van der Waals surface area contributed by atoms with Gasteiger partial charge in [-0.15, -0.1) is 0 Å². The highest BCUT2D eigenvalue weighted by Gasteiger charge is 2.31. The predicted molar refractivity (Wildman–Crippen MR) is 69.8 cm³/mol. The van der Waals surface area contributed by atoms with Crippen molar-refractivity contribution in [1.82, 2.24) is 14.8 Å². The number of hydrogen-bond acceptors (Lipinski definition) is 3. The monoisotopic (exact) mass is 318 g/mol. The van der Waals surface area contributed by atoms with Gasteiger partial charge in [-0.25, -0.2) is 9.67 Å². The molecule has 0 radical (unpaired) electrons. The quantitative estimate of drug-likeness (QED) is 0.945. The molecule has 0 fully saturated rings. The molecule has 9 heteroatoms. The van der Waals surface area contributed by atoms with E-state index in [-0.39, 0.29) is 10.7 Å². The van der Waals surface area contributed by atoms with Crippen LogP contribution in [0.3, 0.4) is 0 Å². The molecule has 2 rings (SSSR count). The Morgan fingerprint density at radius 1 is 1.38 bits per heavy atom. The van der Waals surface area contributed by atoms with E-state index in [0.29, 0.717) is 0 Å². The summed E-state index contributed by atoms with van der Waals surface area (Å²) in [6.45, 7) is 1.54. The maximum Gasteiger partial charge on any atom is 0.416 e. The van der Waals surface area contributed by atoms with E-state index in [1.54, 1.807) is 6.92 Å². The van der Waals surface area contributed by atoms with Crippen molar-refractivity contribution in [2.45, 2.75) is 19.1 Å². The molecule has 1 heterocycles. The van der Waals surface area contributed by atoms with Gasteiger partial charge in [0.25, 0.3) is 0 Å². The number of rotatable bonds is 3. The second kappa shape index (κ2) is 5.72. The van der Waals surface area contributed by atoms with Crippen molar-refractivity contribution < 1.29 is 18.0 Å². The van der Waals surface area contributed by atoms with Crippen molar-refractivity contribution in [1.29, 1.82) is 0 Å². The SMILES string of the molecule is CC(C(=O)Nc1cc(Cl)cc(C(F)(F)F)c1)n1cncn1. The Labute approximate surface area is 122 Å². The first kappa shape index (κ1) is 15.3. The van der Waals surface area contributed by atoms with Crippen LogP contribution < -0.4 is 5.32 Å². The molecule has 1 N–H and O–H groups in total. The highest BCUT2D eigenvalue weighted by atomic mass is 35.5. The Bertz CT molecular complexity index is 642. The Morgan fingerprint density at radius 3 is 2.67 bits per heavy atom. The zero-order chi connectivity index (χ0) is 15.6. The Morgan fingerprint density at radius 2 is 2.10 bits per heavy atom. The fourth-order valence-corrected chi connectivity index (χ4v) is 1.84. The number of nitrogens with zero attached hydrogens (tertiary/aromatic N) is 3. The number of benzene rings is 1. The first-order valence-electron chi connectivity index (χ1n) is 5.80. The standard InChI is InChI=1S/C12H10ClF3N4O/c1-7(20-6-17-5-18-20)11(21)19-10-3-8(12(14,15)16)2-9(13)4-10/h2-7H,1H3,(H,19,21). The van der Waals surface area contributed by atoms with E-state index in [2.05, 4.69) is 15.4 Å². The van der Waals surface area contributed by atoms with Crippen molar-refractivity contribution in [2.75, 3.05) is 5.32 Å². The fourth-order valence-electron chi connectivity index (χ4n) is 1.61. The molecule has 112 valence electrons. The molecule has 0 spiro atoms. The summed E-state index contributed by atoms with van der Waals surface area (Å²) in [7, 11) is 0. The number of hydrogen-bond donors (Lipinski definition) is 1. The fraction of sp³-hybridized carbons (Fsp3) is 0.250. The number of halogens is 4. The zero-order valence-corrected chi connectivity index (χ0v) is 11.5. The predicted octanol–water partition coefficient (Wildman–Crippen LogP) is 3.15. The maximum absolute atomic E-state index is 12.7. The van der Waals surface area contributed by atoms with Crippen molar-refractivity contribution in [3.63, 3.8) is 0 Å². The van der Waals surface area contributed by atoms with E-state index in [1.807, 2.05) is 0 Å². The molecule has 0 bridgehead atoms. The molecule has 1 aromatic heterocycles. The number of anilines is 1. The average Bonchev–Trinajstić information content (AvgIpc) is 2.89. The van der Waals surface area contributed by atoms with E-state index < -0.39 is 23.7 Å². The van der Waals surface area contributed by atoms with Gasteiger partial charge < -0.3 is 5.32 Å². The van der Waals surface area contributed by atoms with Gasteiger partial charge in [0.05, 0.1) is 5.56 Å². The summed E-state index contributed by atoms with van der Waals surface area (Å²) in [5.41, 5.74) is -0.967. The van der Waals surface area contributed by atoms with Crippen molar-refractivity contribution in [3.05, 3.63) is 41.4 Å². The van der Waals surface area contributed by atoms with Gasteiger partial charge >= 0.3 is 6.18 Å². The van der Waals surface area contributed by atoms with E-state index in [0.717, 1.165) is 12.1 Å². The Balaban J connectivity index is 2.20. The molecule has 0 saturated heterocycles. The lowest BCUT2D eigenvalue weighted by atomic mass is 10.2. The van der Waals surface area contributed by atoms with Crippen LogP contribution in [-0.2, 0) is 11.0 Å². The summed E-state index contributed by atoms with van der Waals surface area (Å²) < 4.78 is 39.3. The number of carbonyl (C=O) groups excluding carboxylic acids is 1. The molecule has 0 aliphatic heterocycles. The molecular weight excluding hydrogens is 309 g/mol. The van der Waals surface area contributed by atoms with Gasteiger partial charge in [0.2, 0.25) is 5.91 Å². The van der Waals surface area contributed by atoms with E-state index >= 15 is 0 Å². The molecule has 1 amide bonds. The minimum atomic E-state index is -4.54. The van der Waals surface area contributed by atoms with Crippen LogP contribution in [-0.4, -0.2) is 20.7 Å². The summed E-state index contributed by atoms with van der Waals surface area (Å²) in [5.74, 6) is -0.532. The lowest BCUT2D eigenvalue weighted by Gasteiger charge is -2.14. The molecular formula is C12H10ClF3N4O. The molecule has 1 atom stereocenters. The van der Waals surface area contributed by atoms with E-state index in [1.165, 1.54) is 23.4 Å². The van der Waals surface area contributed by atoms with Crippen LogP contribution in [0.2, 0.25) is 5.02 Å². The van der Waals surface area contributed by atoms with Crippen LogP contribution in [0.25, 0.3) is 0 Å². The summed E-state index contributed by atoms with van der Waals surface area (Å²) >= 11 is 5.64. The first-order chi connectivity index (χ1) is 9.77. The molecule has 0 aliphatic carbocycles. The van der Waals surface area contributed by atoms with E-state index in [9.17, 15) is 18.0 Å². The Hall–Kier alpha value is -2.09. The maximum atomic E-state index is 12.7.